The lowest BCUT2D eigenvalue weighted by molar-refractivity contribution is -0.121. The molecule has 27 heavy (non-hydrogen) atoms. The Balaban J connectivity index is 1.60. The number of carbonyl (C=O) groups excluding carboxylic acids is 2. The van der Waals surface area contributed by atoms with Crippen LogP contribution >= 0.6 is 0 Å². The summed E-state index contributed by atoms with van der Waals surface area (Å²) in [5.41, 5.74) is 1.40. The molecule has 0 aliphatic carbocycles. The first-order valence-corrected chi connectivity index (χ1v) is 9.22. The van der Waals surface area contributed by atoms with Crippen molar-refractivity contribution >= 4 is 23.2 Å². The van der Waals surface area contributed by atoms with Crippen LogP contribution in [-0.4, -0.2) is 31.6 Å². The van der Waals surface area contributed by atoms with Crippen molar-refractivity contribution in [2.24, 2.45) is 0 Å². The van der Waals surface area contributed by atoms with Gasteiger partial charge >= 0.3 is 0 Å². The second kappa shape index (κ2) is 9.07. The van der Waals surface area contributed by atoms with Crippen molar-refractivity contribution in [2.45, 2.75) is 26.2 Å². The Kier molecular flexibility index (Phi) is 6.30. The number of ether oxygens (including phenoxy) is 2. The fourth-order valence-electron chi connectivity index (χ4n) is 2.91. The zero-order valence-corrected chi connectivity index (χ0v) is 15.4. The van der Waals surface area contributed by atoms with E-state index in [2.05, 4.69) is 5.32 Å². The molecule has 2 aromatic carbocycles. The molecule has 1 aliphatic heterocycles. The predicted molar refractivity (Wildman–Crippen MR) is 104 cm³/mol. The van der Waals surface area contributed by atoms with E-state index in [9.17, 15) is 9.59 Å². The lowest BCUT2D eigenvalue weighted by atomic mass is 10.2. The standard InChI is InChI=1S/C21H24N2O4/c1-2-7-20(24)22-16-10-11-18-19(14-16)27-15-21(25)23(18)12-6-13-26-17-8-4-3-5-9-17/h3-5,8-11,14H,2,6-7,12-13,15H2,1H3,(H,22,24). The number of nitrogens with zero attached hydrogens (tertiary/aromatic N) is 1. The molecule has 2 aromatic rings. The van der Waals surface area contributed by atoms with Crippen molar-refractivity contribution in [1.29, 1.82) is 0 Å². The van der Waals surface area contributed by atoms with Gasteiger partial charge in [0, 0.05) is 24.7 Å². The summed E-state index contributed by atoms with van der Waals surface area (Å²) in [6.45, 7) is 3.03. The fourth-order valence-corrected chi connectivity index (χ4v) is 2.91. The Bertz CT molecular complexity index is 792. The third kappa shape index (κ3) is 5.00. The first-order chi connectivity index (χ1) is 13.2. The highest BCUT2D eigenvalue weighted by Gasteiger charge is 2.25. The Hall–Kier alpha value is -3.02. The van der Waals surface area contributed by atoms with Gasteiger partial charge in [0.15, 0.2) is 6.61 Å². The molecule has 3 rings (SSSR count). The highest BCUT2D eigenvalue weighted by Crippen LogP contribution is 2.34. The van der Waals surface area contributed by atoms with Crippen molar-refractivity contribution in [3.05, 3.63) is 48.5 Å². The number of rotatable bonds is 8. The minimum Gasteiger partial charge on any atom is -0.494 e. The Morgan fingerprint density at radius 3 is 2.81 bits per heavy atom. The number of nitrogens with one attached hydrogen (secondary N) is 1. The van der Waals surface area contributed by atoms with Gasteiger partial charge in [-0.3, -0.25) is 9.59 Å². The van der Waals surface area contributed by atoms with Crippen LogP contribution in [0.4, 0.5) is 11.4 Å². The molecular weight excluding hydrogens is 344 g/mol. The number of benzene rings is 2. The van der Waals surface area contributed by atoms with Crippen LogP contribution in [0.2, 0.25) is 0 Å². The van der Waals surface area contributed by atoms with E-state index in [0.29, 0.717) is 37.4 Å². The van der Waals surface area contributed by atoms with Gasteiger partial charge in [-0.05, 0) is 37.1 Å². The van der Waals surface area contributed by atoms with Crippen molar-refractivity contribution in [2.75, 3.05) is 30.0 Å². The summed E-state index contributed by atoms with van der Waals surface area (Å²) >= 11 is 0. The van der Waals surface area contributed by atoms with E-state index in [1.54, 1.807) is 17.0 Å². The maximum absolute atomic E-state index is 12.3. The quantitative estimate of drug-likeness (QED) is 0.723. The lowest BCUT2D eigenvalue weighted by Crippen LogP contribution is -2.39. The van der Waals surface area contributed by atoms with Gasteiger partial charge in [-0.25, -0.2) is 0 Å². The van der Waals surface area contributed by atoms with E-state index >= 15 is 0 Å². The molecule has 0 unspecified atom stereocenters. The summed E-state index contributed by atoms with van der Waals surface area (Å²) < 4.78 is 11.2. The summed E-state index contributed by atoms with van der Waals surface area (Å²) in [6.07, 6.45) is 1.97. The van der Waals surface area contributed by atoms with Gasteiger partial charge in [-0.2, -0.15) is 0 Å². The van der Waals surface area contributed by atoms with Crippen LogP contribution in [0.1, 0.15) is 26.2 Å². The maximum atomic E-state index is 12.3. The minimum atomic E-state index is -0.0787. The molecule has 2 amide bonds. The Morgan fingerprint density at radius 1 is 1.22 bits per heavy atom. The molecule has 6 heteroatoms. The molecule has 0 aromatic heterocycles. The smallest absolute Gasteiger partial charge is 0.265 e. The average Bonchev–Trinajstić information content (AvgIpc) is 2.67. The molecule has 1 N–H and O–H groups in total. The molecule has 1 aliphatic rings. The van der Waals surface area contributed by atoms with Crippen LogP contribution in [0.25, 0.3) is 0 Å². The number of anilines is 2. The maximum Gasteiger partial charge on any atom is 0.265 e. The Labute approximate surface area is 159 Å². The number of amides is 2. The molecule has 0 saturated heterocycles. The minimum absolute atomic E-state index is 0.00109. The highest BCUT2D eigenvalue weighted by atomic mass is 16.5. The number of hydrogen-bond acceptors (Lipinski definition) is 4. The molecule has 0 atom stereocenters. The molecular formula is C21H24N2O4. The van der Waals surface area contributed by atoms with Gasteiger partial charge in [-0.1, -0.05) is 25.1 Å². The van der Waals surface area contributed by atoms with Crippen molar-refractivity contribution in [3.63, 3.8) is 0 Å². The normalized spacial score (nSPS) is 12.9. The first kappa shape index (κ1) is 18.8. The number of para-hydroxylation sites is 1. The summed E-state index contributed by atoms with van der Waals surface area (Å²) in [5, 5.41) is 2.85. The number of fused-ring (bicyclic) bond motifs is 1. The first-order valence-electron chi connectivity index (χ1n) is 9.22. The summed E-state index contributed by atoms with van der Waals surface area (Å²) in [6, 6.07) is 15.0. The topological polar surface area (TPSA) is 67.9 Å². The predicted octanol–water partition coefficient (Wildman–Crippen LogP) is 3.62. The molecule has 0 spiro atoms. The zero-order valence-electron chi connectivity index (χ0n) is 15.4. The molecule has 0 bridgehead atoms. The molecule has 6 nitrogen and oxygen atoms in total. The third-order valence-electron chi connectivity index (χ3n) is 4.20. The summed E-state index contributed by atoms with van der Waals surface area (Å²) in [7, 11) is 0. The average molecular weight is 368 g/mol. The van der Waals surface area contributed by atoms with Crippen molar-refractivity contribution < 1.29 is 19.1 Å². The van der Waals surface area contributed by atoms with E-state index in [1.165, 1.54) is 0 Å². The molecule has 0 radical (unpaired) electrons. The van der Waals surface area contributed by atoms with Gasteiger partial charge in [-0.15, -0.1) is 0 Å². The van der Waals surface area contributed by atoms with E-state index in [0.717, 1.165) is 17.9 Å². The van der Waals surface area contributed by atoms with Gasteiger partial charge < -0.3 is 19.7 Å². The van der Waals surface area contributed by atoms with Crippen LogP contribution in [0.5, 0.6) is 11.5 Å². The van der Waals surface area contributed by atoms with Gasteiger partial charge in [0.2, 0.25) is 5.91 Å². The second-order valence-corrected chi connectivity index (χ2v) is 6.33. The molecule has 142 valence electrons. The van der Waals surface area contributed by atoms with E-state index < -0.39 is 0 Å². The SMILES string of the molecule is CCCC(=O)Nc1ccc2c(c1)OCC(=O)N2CCCOc1ccccc1. The van der Waals surface area contributed by atoms with Gasteiger partial charge in [0.25, 0.3) is 5.91 Å². The van der Waals surface area contributed by atoms with Crippen LogP contribution in [0.15, 0.2) is 48.5 Å². The third-order valence-corrected chi connectivity index (χ3v) is 4.20. The molecule has 0 saturated carbocycles. The Morgan fingerprint density at radius 2 is 2.04 bits per heavy atom. The zero-order chi connectivity index (χ0) is 19.1. The molecule has 1 heterocycles. The van der Waals surface area contributed by atoms with Crippen molar-refractivity contribution in [3.8, 4) is 11.5 Å². The fraction of sp³-hybridized carbons (Fsp3) is 0.333. The van der Waals surface area contributed by atoms with Crippen LogP contribution in [0, 0.1) is 0 Å². The summed E-state index contributed by atoms with van der Waals surface area (Å²) in [5.74, 6) is 1.32. The van der Waals surface area contributed by atoms with E-state index in [1.807, 2.05) is 43.3 Å². The number of hydrogen-bond donors (Lipinski definition) is 1. The monoisotopic (exact) mass is 368 g/mol. The second-order valence-electron chi connectivity index (χ2n) is 6.33. The molecule has 0 fully saturated rings. The lowest BCUT2D eigenvalue weighted by Gasteiger charge is -2.29. The van der Waals surface area contributed by atoms with Crippen LogP contribution in [0.3, 0.4) is 0 Å². The van der Waals surface area contributed by atoms with Crippen LogP contribution < -0.4 is 19.7 Å². The van der Waals surface area contributed by atoms with E-state index in [4.69, 9.17) is 9.47 Å². The highest BCUT2D eigenvalue weighted by molar-refractivity contribution is 5.99. The van der Waals surface area contributed by atoms with Crippen molar-refractivity contribution in [1.82, 2.24) is 0 Å². The van der Waals surface area contributed by atoms with Crippen LogP contribution in [-0.2, 0) is 9.59 Å². The largest absolute Gasteiger partial charge is 0.494 e. The van der Waals surface area contributed by atoms with Gasteiger partial charge in [0.05, 0.1) is 12.3 Å². The van der Waals surface area contributed by atoms with Gasteiger partial charge in [0.1, 0.15) is 11.5 Å². The summed E-state index contributed by atoms with van der Waals surface area (Å²) in [4.78, 5) is 25.7. The number of carbonyl (C=O) groups is 2. The van der Waals surface area contributed by atoms with E-state index in [-0.39, 0.29) is 18.4 Å².